The maximum Gasteiger partial charge on any atom is 3.00 e. The van der Waals surface area contributed by atoms with Gasteiger partial charge in [-0.3, -0.25) is 4.79 Å². The van der Waals surface area contributed by atoms with E-state index in [1.54, 1.807) is 13.8 Å². The van der Waals surface area contributed by atoms with E-state index in [0.717, 1.165) is 12.8 Å². The Labute approximate surface area is 115 Å². The molecule has 4 nitrogen and oxygen atoms in total. The van der Waals surface area contributed by atoms with Crippen LogP contribution in [0.3, 0.4) is 0 Å². The zero-order valence-electron chi connectivity index (χ0n) is 11.2. The summed E-state index contributed by atoms with van der Waals surface area (Å²) in [6.45, 7) is 6.76. The Morgan fingerprint density at radius 3 is 1.53 bits per heavy atom. The first-order chi connectivity index (χ1) is 7.42. The summed E-state index contributed by atoms with van der Waals surface area (Å²) in [5, 5.41) is 20.1. The molecule has 0 aliphatic carbocycles. The van der Waals surface area contributed by atoms with E-state index >= 15 is 0 Å². The number of Topliss-reactive ketones (excluding diaryl/α,β-unsaturated/α-hetero) is 1. The number of carboxylic acid groups (broad SMARTS) is 1. The van der Waals surface area contributed by atoms with Gasteiger partial charge in [-0.05, 0) is 19.8 Å². The summed E-state index contributed by atoms with van der Waals surface area (Å²) in [5.41, 5.74) is -1.25. The third kappa shape index (κ3) is 7.54. The van der Waals surface area contributed by atoms with E-state index < -0.39 is 11.4 Å². The summed E-state index contributed by atoms with van der Waals surface area (Å²) >= 11 is 0. The summed E-state index contributed by atoms with van der Waals surface area (Å²) in [6.07, 6.45) is 2.48. The van der Waals surface area contributed by atoms with Gasteiger partial charge < -0.3 is 15.0 Å². The fourth-order valence-electron chi connectivity index (χ4n) is 1.32. The first-order valence-corrected chi connectivity index (χ1v) is 5.73. The maximum absolute atomic E-state index is 10.9. The Morgan fingerprint density at radius 1 is 1.12 bits per heavy atom. The predicted octanol–water partition coefficient (Wildman–Crippen LogP) is -0.102. The molecule has 0 spiro atoms. The van der Waals surface area contributed by atoms with Crippen LogP contribution >= 0.6 is 0 Å². The Hall–Kier alpha value is -0.368. The summed E-state index contributed by atoms with van der Waals surface area (Å²) in [4.78, 5) is 21.5. The van der Waals surface area contributed by atoms with Crippen molar-refractivity contribution in [2.45, 2.75) is 53.4 Å². The van der Waals surface area contributed by atoms with Gasteiger partial charge in [0.25, 0.3) is 0 Å². The monoisotopic (exact) mass is 257 g/mol. The van der Waals surface area contributed by atoms with Crippen molar-refractivity contribution in [2.24, 2.45) is 5.41 Å². The van der Waals surface area contributed by atoms with Crippen LogP contribution < -0.4 is 10.2 Å². The van der Waals surface area contributed by atoms with Crippen molar-refractivity contribution in [3.05, 3.63) is 0 Å². The average Bonchev–Trinajstić information content (AvgIpc) is 2.21. The summed E-state index contributed by atoms with van der Waals surface area (Å²) in [5.74, 6) is -1.57. The molecule has 17 heavy (non-hydrogen) atoms. The minimum Gasteiger partial charge on any atom is -0.854 e. The van der Waals surface area contributed by atoms with Crippen molar-refractivity contribution in [2.75, 3.05) is 6.61 Å². The molecule has 5 heteroatoms. The minimum atomic E-state index is -1.25. The van der Waals surface area contributed by atoms with Gasteiger partial charge in [-0.1, -0.05) is 33.6 Å². The Morgan fingerprint density at radius 2 is 1.53 bits per heavy atom. The van der Waals surface area contributed by atoms with E-state index in [9.17, 15) is 19.8 Å². The molecule has 0 aromatic rings. The molecule has 0 unspecified atom stereocenters. The fraction of sp³-hybridized carbons (Fsp3) is 0.833. The molecule has 0 aromatic carbocycles. The second-order valence-corrected chi connectivity index (χ2v) is 3.69. The van der Waals surface area contributed by atoms with Crippen LogP contribution in [0.1, 0.15) is 53.4 Å². The average molecular weight is 257 g/mol. The van der Waals surface area contributed by atoms with E-state index in [1.165, 1.54) is 6.92 Å². The van der Waals surface area contributed by atoms with Crippen molar-refractivity contribution in [1.82, 2.24) is 0 Å². The van der Waals surface area contributed by atoms with Crippen molar-refractivity contribution in [3.8, 4) is 0 Å². The molecular formula is C12H22AlO4+. The number of unbranched alkanes of at least 4 members (excludes halogenated alkanes) is 1. The molecule has 0 amide bonds. The molecule has 0 fully saturated rings. The third-order valence-electron chi connectivity index (χ3n) is 2.77. The van der Waals surface area contributed by atoms with Gasteiger partial charge in [-0.25, -0.2) is 0 Å². The van der Waals surface area contributed by atoms with Crippen molar-refractivity contribution < 1.29 is 19.8 Å². The summed E-state index contributed by atoms with van der Waals surface area (Å²) in [7, 11) is 0. The van der Waals surface area contributed by atoms with E-state index in [1.807, 2.05) is 6.92 Å². The predicted molar refractivity (Wildman–Crippen MR) is 64.2 cm³/mol. The van der Waals surface area contributed by atoms with E-state index in [2.05, 4.69) is 0 Å². The molecular weight excluding hydrogens is 235 g/mol. The van der Waals surface area contributed by atoms with E-state index in [0.29, 0.717) is 12.8 Å². The number of carboxylic acids is 1. The molecule has 0 atom stereocenters. The summed E-state index contributed by atoms with van der Waals surface area (Å²) in [6, 6.07) is 0. The number of carbonyl (C=O) groups excluding carboxylic acids is 2. The van der Waals surface area contributed by atoms with Crippen LogP contribution in [-0.4, -0.2) is 35.7 Å². The standard InChI is InChI=1S/C8H14O3.C4H9O.Al/c1-4-8(5-2,6(3)9)7(10)11;1-2-3-4-5;/h4-5H2,1-3H3,(H,10,11);2-4H2,1H3;/q;-1;+3/p-1. The van der Waals surface area contributed by atoms with Gasteiger partial charge in [0.2, 0.25) is 0 Å². The normalized spacial score (nSPS) is 9.71. The van der Waals surface area contributed by atoms with E-state index in [4.69, 9.17) is 0 Å². The molecule has 96 valence electrons. The first kappa shape index (κ1) is 21.9. The minimum absolute atomic E-state index is 0. The second-order valence-electron chi connectivity index (χ2n) is 3.69. The van der Waals surface area contributed by atoms with Gasteiger partial charge in [-0.15, -0.1) is 6.61 Å². The third-order valence-corrected chi connectivity index (χ3v) is 2.77. The molecule has 0 saturated heterocycles. The van der Waals surface area contributed by atoms with Crippen LogP contribution in [-0.2, 0) is 9.59 Å². The smallest absolute Gasteiger partial charge is 0.854 e. The van der Waals surface area contributed by atoms with Gasteiger partial charge in [0, 0.05) is 0 Å². The van der Waals surface area contributed by atoms with Gasteiger partial charge >= 0.3 is 17.4 Å². The quantitative estimate of drug-likeness (QED) is 0.491. The number of hydrogen-bond acceptors (Lipinski definition) is 4. The van der Waals surface area contributed by atoms with Gasteiger partial charge in [0.05, 0.1) is 11.4 Å². The number of carbonyl (C=O) groups is 2. The molecule has 0 N–H and O–H groups in total. The molecule has 0 aromatic heterocycles. The number of ketones is 1. The molecule has 0 radical (unpaired) electrons. The molecule has 0 bridgehead atoms. The van der Waals surface area contributed by atoms with Crippen LogP contribution in [0.2, 0.25) is 0 Å². The van der Waals surface area contributed by atoms with Gasteiger partial charge in [0.15, 0.2) is 0 Å². The molecule has 0 rings (SSSR count). The molecule has 0 heterocycles. The van der Waals surface area contributed by atoms with Crippen molar-refractivity contribution >= 4 is 29.1 Å². The Kier molecular flexibility index (Phi) is 15.6. The van der Waals surface area contributed by atoms with Crippen LogP contribution in [0, 0.1) is 5.41 Å². The molecule has 0 saturated carbocycles. The maximum atomic E-state index is 10.9. The number of rotatable bonds is 6. The molecule has 0 aliphatic rings. The second kappa shape index (κ2) is 12.1. The van der Waals surface area contributed by atoms with Crippen LogP contribution in [0.15, 0.2) is 0 Å². The Balaban J connectivity index is -0.000000280. The zero-order chi connectivity index (χ0) is 13.2. The Bertz CT molecular complexity index is 195. The van der Waals surface area contributed by atoms with Crippen molar-refractivity contribution in [3.63, 3.8) is 0 Å². The fourth-order valence-corrected chi connectivity index (χ4v) is 1.32. The number of aliphatic carboxylic acids is 1. The van der Waals surface area contributed by atoms with E-state index in [-0.39, 0.29) is 29.8 Å². The first-order valence-electron chi connectivity index (χ1n) is 5.73. The largest absolute Gasteiger partial charge is 3.00 e. The molecule has 0 aliphatic heterocycles. The van der Waals surface area contributed by atoms with Gasteiger partial charge in [-0.2, -0.15) is 0 Å². The number of hydrogen-bond donors (Lipinski definition) is 0. The van der Waals surface area contributed by atoms with Crippen molar-refractivity contribution in [1.29, 1.82) is 0 Å². The van der Waals surface area contributed by atoms with Gasteiger partial charge in [0.1, 0.15) is 5.78 Å². The van der Waals surface area contributed by atoms with Crippen LogP contribution in [0.25, 0.3) is 0 Å². The zero-order valence-corrected chi connectivity index (χ0v) is 12.4. The topological polar surface area (TPSA) is 80.3 Å². The van der Waals surface area contributed by atoms with Crippen LogP contribution in [0.4, 0.5) is 0 Å². The summed E-state index contributed by atoms with van der Waals surface area (Å²) < 4.78 is 0. The van der Waals surface area contributed by atoms with Crippen LogP contribution in [0.5, 0.6) is 0 Å². The SMILES string of the molecule is CCC(CC)(C(C)=O)C(=O)[O-].CCCC[O-].[Al+3].